The van der Waals surface area contributed by atoms with E-state index in [4.69, 9.17) is 4.74 Å². The lowest BCUT2D eigenvalue weighted by Crippen LogP contribution is -1.96. The topological polar surface area (TPSA) is 26.3 Å². The van der Waals surface area contributed by atoms with Crippen LogP contribution in [-0.2, 0) is 16.1 Å². The quantitative estimate of drug-likeness (QED) is 0.612. The van der Waals surface area contributed by atoms with Gasteiger partial charge in [-0.2, -0.15) is 0 Å². The van der Waals surface area contributed by atoms with Crippen molar-refractivity contribution in [1.29, 1.82) is 0 Å². The van der Waals surface area contributed by atoms with Gasteiger partial charge in [0, 0.05) is 31.3 Å². The smallest absolute Gasteiger partial charge is 0.302 e. The molecule has 0 fully saturated rings. The minimum Gasteiger partial charge on any atom is -0.460 e. The van der Waals surface area contributed by atoms with Gasteiger partial charge in [-0.15, -0.1) is 34.0 Å². The van der Waals surface area contributed by atoms with Gasteiger partial charge in [-0.1, -0.05) is 6.07 Å². The second-order valence-electron chi connectivity index (χ2n) is 4.19. The third-order valence-electron chi connectivity index (χ3n) is 2.69. The number of hydrogen-bond acceptors (Lipinski definition) is 5. The molecule has 0 N–H and O–H groups in total. The standard InChI is InChI=1S/C15H12O2S3/c1-10(16)17-9-11-4-5-14(19-11)15-7-6-13(20-15)12-3-2-8-18-12/h2-8H,9H2,1H3. The normalized spacial score (nSPS) is 10.7. The molecule has 0 aliphatic rings. The lowest BCUT2D eigenvalue weighted by atomic mass is 10.3. The molecule has 102 valence electrons. The highest BCUT2D eigenvalue weighted by Gasteiger charge is 2.08. The summed E-state index contributed by atoms with van der Waals surface area (Å²) in [4.78, 5) is 17.0. The average molecular weight is 320 g/mol. The van der Waals surface area contributed by atoms with E-state index in [2.05, 4.69) is 35.7 Å². The lowest BCUT2D eigenvalue weighted by Gasteiger charge is -1.97. The van der Waals surface area contributed by atoms with Gasteiger partial charge >= 0.3 is 5.97 Å². The molecule has 2 nitrogen and oxygen atoms in total. The number of thiophene rings is 3. The Bertz CT molecular complexity index is 707. The largest absolute Gasteiger partial charge is 0.460 e. The predicted molar refractivity (Wildman–Crippen MR) is 86.4 cm³/mol. The summed E-state index contributed by atoms with van der Waals surface area (Å²) in [6, 6.07) is 12.6. The first kappa shape index (κ1) is 13.5. The number of carbonyl (C=O) groups excluding carboxylic acids is 1. The first-order valence-corrected chi connectivity index (χ1v) is 8.60. The highest BCUT2D eigenvalue weighted by atomic mass is 32.1. The van der Waals surface area contributed by atoms with Crippen molar-refractivity contribution >= 4 is 40.0 Å². The predicted octanol–water partition coefficient (Wildman–Crippen LogP) is 5.27. The molecule has 5 heteroatoms. The Hall–Kier alpha value is -1.43. The van der Waals surface area contributed by atoms with Crippen LogP contribution in [0.4, 0.5) is 0 Å². The highest BCUT2D eigenvalue weighted by Crippen LogP contribution is 2.39. The summed E-state index contributed by atoms with van der Waals surface area (Å²) in [7, 11) is 0. The third kappa shape index (κ3) is 3.00. The van der Waals surface area contributed by atoms with Gasteiger partial charge in [-0.05, 0) is 35.7 Å². The number of rotatable bonds is 4. The monoisotopic (exact) mass is 320 g/mol. The first-order chi connectivity index (χ1) is 9.72. The molecule has 0 aliphatic carbocycles. The van der Waals surface area contributed by atoms with Crippen LogP contribution in [0.3, 0.4) is 0 Å². The SMILES string of the molecule is CC(=O)OCc1ccc(-c2ccc(-c3cccs3)s2)s1. The van der Waals surface area contributed by atoms with E-state index in [1.165, 1.54) is 26.4 Å². The summed E-state index contributed by atoms with van der Waals surface area (Å²) >= 11 is 5.23. The Morgan fingerprint density at radius 3 is 2.40 bits per heavy atom. The zero-order chi connectivity index (χ0) is 13.9. The number of ether oxygens (including phenoxy) is 1. The third-order valence-corrected chi connectivity index (χ3v) is 6.10. The molecule has 0 aliphatic heterocycles. The molecule has 3 aromatic heterocycles. The number of carbonyl (C=O) groups is 1. The van der Waals surface area contributed by atoms with Crippen molar-refractivity contribution in [1.82, 2.24) is 0 Å². The molecule has 0 radical (unpaired) electrons. The Morgan fingerprint density at radius 1 is 1.00 bits per heavy atom. The van der Waals surface area contributed by atoms with Crippen molar-refractivity contribution in [3.05, 3.63) is 46.7 Å². The average Bonchev–Trinajstić information content (AvgIpc) is 3.15. The minimum absolute atomic E-state index is 0.240. The Morgan fingerprint density at radius 2 is 1.70 bits per heavy atom. The van der Waals surface area contributed by atoms with Crippen molar-refractivity contribution in [2.45, 2.75) is 13.5 Å². The fraction of sp³-hybridized carbons (Fsp3) is 0.133. The van der Waals surface area contributed by atoms with Crippen LogP contribution in [0.5, 0.6) is 0 Å². The second kappa shape index (κ2) is 5.91. The molecular weight excluding hydrogens is 308 g/mol. The van der Waals surface area contributed by atoms with Crippen LogP contribution in [0.15, 0.2) is 41.8 Å². The fourth-order valence-corrected chi connectivity index (χ4v) is 4.63. The zero-order valence-corrected chi connectivity index (χ0v) is 13.2. The van der Waals surface area contributed by atoms with Crippen molar-refractivity contribution in [3.8, 4) is 19.5 Å². The number of esters is 1. The summed E-state index contributed by atoms with van der Waals surface area (Å²) in [6.07, 6.45) is 0. The van der Waals surface area contributed by atoms with Gasteiger partial charge in [0.2, 0.25) is 0 Å². The van der Waals surface area contributed by atoms with Crippen LogP contribution in [-0.4, -0.2) is 5.97 Å². The van der Waals surface area contributed by atoms with Crippen LogP contribution in [0.1, 0.15) is 11.8 Å². The van der Waals surface area contributed by atoms with Crippen LogP contribution in [0.2, 0.25) is 0 Å². The molecule has 0 aromatic carbocycles. The molecule has 3 aromatic rings. The van der Waals surface area contributed by atoms with E-state index >= 15 is 0 Å². The van der Waals surface area contributed by atoms with Crippen molar-refractivity contribution < 1.29 is 9.53 Å². The summed E-state index contributed by atoms with van der Waals surface area (Å²) in [5.41, 5.74) is 0. The summed E-state index contributed by atoms with van der Waals surface area (Å²) in [6.45, 7) is 1.80. The maximum atomic E-state index is 10.8. The van der Waals surface area contributed by atoms with E-state index in [0.29, 0.717) is 6.61 Å². The maximum Gasteiger partial charge on any atom is 0.302 e. The highest BCUT2D eigenvalue weighted by molar-refractivity contribution is 7.26. The molecule has 0 unspecified atom stereocenters. The Balaban J connectivity index is 1.78. The van der Waals surface area contributed by atoms with E-state index in [1.807, 2.05) is 6.07 Å². The van der Waals surface area contributed by atoms with Crippen molar-refractivity contribution in [3.63, 3.8) is 0 Å². The summed E-state index contributed by atoms with van der Waals surface area (Å²) < 4.78 is 5.02. The fourth-order valence-electron chi connectivity index (χ4n) is 1.78. The Kier molecular flexibility index (Phi) is 4.00. The van der Waals surface area contributed by atoms with Crippen LogP contribution in [0.25, 0.3) is 19.5 Å². The van der Waals surface area contributed by atoms with E-state index in [0.717, 1.165) is 4.88 Å². The van der Waals surface area contributed by atoms with Crippen molar-refractivity contribution in [2.75, 3.05) is 0 Å². The first-order valence-electron chi connectivity index (χ1n) is 6.08. The molecule has 0 spiro atoms. The van der Waals surface area contributed by atoms with E-state index in [9.17, 15) is 4.79 Å². The van der Waals surface area contributed by atoms with Gasteiger partial charge in [0.1, 0.15) is 6.61 Å². The molecule has 0 bridgehead atoms. The van der Waals surface area contributed by atoms with Crippen molar-refractivity contribution in [2.24, 2.45) is 0 Å². The zero-order valence-electron chi connectivity index (χ0n) is 10.8. The molecule has 0 atom stereocenters. The van der Waals surface area contributed by atoms with Gasteiger partial charge in [0.05, 0.1) is 0 Å². The van der Waals surface area contributed by atoms with Crippen LogP contribution < -0.4 is 0 Å². The molecule has 3 rings (SSSR count). The Labute approximate surface area is 129 Å². The van der Waals surface area contributed by atoms with Gasteiger partial charge in [0.25, 0.3) is 0 Å². The summed E-state index contributed by atoms with van der Waals surface area (Å²) in [5.74, 6) is -0.240. The second-order valence-corrected chi connectivity index (χ2v) is 7.39. The molecule has 3 heterocycles. The molecule has 0 saturated carbocycles. The van der Waals surface area contributed by atoms with Crippen LogP contribution in [0, 0.1) is 0 Å². The van der Waals surface area contributed by atoms with E-state index in [1.54, 1.807) is 34.0 Å². The molecule has 20 heavy (non-hydrogen) atoms. The van der Waals surface area contributed by atoms with Gasteiger partial charge < -0.3 is 4.74 Å². The molecule has 0 amide bonds. The van der Waals surface area contributed by atoms with Gasteiger partial charge in [0.15, 0.2) is 0 Å². The maximum absolute atomic E-state index is 10.8. The van der Waals surface area contributed by atoms with Gasteiger partial charge in [-0.25, -0.2) is 0 Å². The van der Waals surface area contributed by atoms with E-state index < -0.39 is 0 Å². The lowest BCUT2D eigenvalue weighted by molar-refractivity contribution is -0.142. The van der Waals surface area contributed by atoms with Crippen LogP contribution >= 0.6 is 34.0 Å². The molecule has 0 saturated heterocycles. The summed E-state index contributed by atoms with van der Waals surface area (Å²) in [5, 5.41) is 2.09. The van der Waals surface area contributed by atoms with Gasteiger partial charge in [-0.3, -0.25) is 4.79 Å². The van der Waals surface area contributed by atoms with E-state index in [-0.39, 0.29) is 5.97 Å². The molecular formula is C15H12O2S3. The minimum atomic E-state index is -0.240. The number of hydrogen-bond donors (Lipinski definition) is 0.